The Morgan fingerprint density at radius 2 is 2.03 bits per heavy atom. The molecule has 1 N–H and O–H groups in total. The molecule has 1 saturated heterocycles. The fourth-order valence-electron chi connectivity index (χ4n) is 4.11. The molecule has 4 aromatic rings. The summed E-state index contributed by atoms with van der Waals surface area (Å²) in [4.78, 5) is 23.4. The van der Waals surface area contributed by atoms with E-state index in [1.54, 1.807) is 33.3 Å². The van der Waals surface area contributed by atoms with Gasteiger partial charge in [0.15, 0.2) is 5.13 Å². The van der Waals surface area contributed by atoms with Crippen molar-refractivity contribution in [3.63, 3.8) is 0 Å². The summed E-state index contributed by atoms with van der Waals surface area (Å²) in [5.41, 5.74) is 2.14. The summed E-state index contributed by atoms with van der Waals surface area (Å²) < 4.78 is 14.4. The maximum atomic E-state index is 12.5. The van der Waals surface area contributed by atoms with E-state index in [1.165, 1.54) is 0 Å². The summed E-state index contributed by atoms with van der Waals surface area (Å²) in [6, 6.07) is 9.75. The van der Waals surface area contributed by atoms with Crippen molar-refractivity contribution in [1.29, 1.82) is 0 Å². The Bertz CT molecular complexity index is 1380. The average Bonchev–Trinajstić information content (AvgIpc) is 3.43. The SMILES string of the molecule is Cn1cc(-c2cc(Oc3ccc4nc(NC5CCCN(C(=O)OC(C)(C)C)C5)sc4c3)ccn2)cn1. The number of likely N-dealkylation sites (tertiary alicyclic amines) is 1. The normalized spacial score (nSPS) is 16.2. The molecule has 0 spiro atoms. The lowest BCUT2D eigenvalue weighted by atomic mass is 10.1. The number of carbonyl (C=O) groups excluding carboxylic acids is 1. The van der Waals surface area contributed by atoms with Gasteiger partial charge in [-0.05, 0) is 51.8 Å². The van der Waals surface area contributed by atoms with Crippen LogP contribution in [0.1, 0.15) is 33.6 Å². The number of anilines is 1. The van der Waals surface area contributed by atoms with Crippen molar-refractivity contribution in [3.05, 3.63) is 48.9 Å². The van der Waals surface area contributed by atoms with Crippen LogP contribution in [0, 0.1) is 0 Å². The van der Waals surface area contributed by atoms with E-state index in [1.807, 2.05) is 64.3 Å². The van der Waals surface area contributed by atoms with Gasteiger partial charge in [0.2, 0.25) is 0 Å². The minimum absolute atomic E-state index is 0.130. The van der Waals surface area contributed by atoms with Gasteiger partial charge < -0.3 is 19.7 Å². The molecule has 0 bridgehead atoms. The highest BCUT2D eigenvalue weighted by molar-refractivity contribution is 7.22. The average molecular weight is 507 g/mol. The fourth-order valence-corrected chi connectivity index (χ4v) is 5.09. The highest BCUT2D eigenvalue weighted by Gasteiger charge is 2.28. The first kappa shape index (κ1) is 24.1. The summed E-state index contributed by atoms with van der Waals surface area (Å²) in [5, 5.41) is 8.56. The third-order valence-corrected chi connectivity index (χ3v) is 6.68. The number of nitrogens with one attached hydrogen (secondary N) is 1. The molecule has 188 valence electrons. The number of thiazole rings is 1. The molecule has 0 radical (unpaired) electrons. The molecule has 1 amide bonds. The van der Waals surface area contributed by atoms with Crippen LogP contribution in [-0.4, -0.2) is 55.5 Å². The van der Waals surface area contributed by atoms with Crippen molar-refractivity contribution >= 4 is 32.8 Å². The van der Waals surface area contributed by atoms with Gasteiger partial charge in [-0.25, -0.2) is 9.78 Å². The number of rotatable bonds is 5. The lowest BCUT2D eigenvalue weighted by Crippen LogP contribution is -2.46. The van der Waals surface area contributed by atoms with Gasteiger partial charge >= 0.3 is 6.09 Å². The van der Waals surface area contributed by atoms with Crippen LogP contribution in [0.2, 0.25) is 0 Å². The predicted octanol–water partition coefficient (Wildman–Crippen LogP) is 5.70. The molecule has 1 aliphatic rings. The second-order valence-electron chi connectivity index (χ2n) is 9.94. The topological polar surface area (TPSA) is 94.4 Å². The molecule has 0 saturated carbocycles. The van der Waals surface area contributed by atoms with Crippen LogP contribution in [0.5, 0.6) is 11.5 Å². The summed E-state index contributed by atoms with van der Waals surface area (Å²) in [6.45, 7) is 6.97. The Balaban J connectivity index is 1.25. The molecule has 0 aliphatic carbocycles. The summed E-state index contributed by atoms with van der Waals surface area (Å²) in [6.07, 6.45) is 7.07. The molecule has 10 heteroatoms. The number of nitrogens with zero attached hydrogens (tertiary/aromatic N) is 5. The van der Waals surface area contributed by atoms with Crippen molar-refractivity contribution < 1.29 is 14.3 Å². The molecular formula is C26H30N6O3S. The molecule has 5 rings (SSSR count). The van der Waals surface area contributed by atoms with Gasteiger partial charge in [0, 0.05) is 56.3 Å². The quantitative estimate of drug-likeness (QED) is 0.371. The number of hydrogen-bond acceptors (Lipinski definition) is 8. The number of aromatic nitrogens is 4. The number of pyridine rings is 1. The van der Waals surface area contributed by atoms with Crippen molar-refractivity contribution in [2.24, 2.45) is 7.05 Å². The van der Waals surface area contributed by atoms with Crippen LogP contribution in [0.15, 0.2) is 48.9 Å². The molecule has 1 unspecified atom stereocenters. The number of piperidine rings is 1. The zero-order chi connectivity index (χ0) is 25.3. The molecule has 3 aromatic heterocycles. The second-order valence-corrected chi connectivity index (χ2v) is 11.0. The van der Waals surface area contributed by atoms with E-state index in [2.05, 4.69) is 15.4 Å². The number of fused-ring (bicyclic) bond motifs is 1. The third kappa shape index (κ3) is 5.76. The summed E-state index contributed by atoms with van der Waals surface area (Å²) in [7, 11) is 1.88. The zero-order valence-corrected chi connectivity index (χ0v) is 21.7. The minimum Gasteiger partial charge on any atom is -0.457 e. The highest BCUT2D eigenvalue weighted by Crippen LogP contribution is 2.33. The van der Waals surface area contributed by atoms with Crippen LogP contribution in [0.3, 0.4) is 0 Å². The minimum atomic E-state index is -0.499. The van der Waals surface area contributed by atoms with Crippen LogP contribution < -0.4 is 10.1 Å². The van der Waals surface area contributed by atoms with Crippen molar-refractivity contribution in [2.75, 3.05) is 18.4 Å². The Labute approximate surface area is 214 Å². The molecule has 4 heterocycles. The third-order valence-electron chi connectivity index (χ3n) is 5.73. The Kier molecular flexibility index (Phi) is 6.53. The first-order chi connectivity index (χ1) is 17.2. The van der Waals surface area contributed by atoms with Gasteiger partial charge in [-0.3, -0.25) is 9.67 Å². The van der Waals surface area contributed by atoms with Gasteiger partial charge in [-0.2, -0.15) is 5.10 Å². The fraction of sp³-hybridized carbons (Fsp3) is 0.385. The first-order valence-electron chi connectivity index (χ1n) is 12.0. The van der Waals surface area contributed by atoms with Crippen molar-refractivity contribution in [2.45, 2.75) is 45.3 Å². The van der Waals surface area contributed by atoms with E-state index in [4.69, 9.17) is 14.5 Å². The molecule has 36 heavy (non-hydrogen) atoms. The van der Waals surface area contributed by atoms with E-state index >= 15 is 0 Å². The van der Waals surface area contributed by atoms with E-state index in [9.17, 15) is 4.79 Å². The van der Waals surface area contributed by atoms with Crippen molar-refractivity contribution in [3.8, 4) is 22.8 Å². The molecule has 1 aromatic carbocycles. The maximum Gasteiger partial charge on any atom is 0.410 e. The Morgan fingerprint density at radius 3 is 2.81 bits per heavy atom. The molecule has 1 aliphatic heterocycles. The van der Waals surface area contributed by atoms with E-state index in [0.717, 1.165) is 45.2 Å². The number of ether oxygens (including phenoxy) is 2. The summed E-state index contributed by atoms with van der Waals surface area (Å²) in [5.74, 6) is 1.44. The number of carbonyl (C=O) groups is 1. The second kappa shape index (κ2) is 9.77. The van der Waals surface area contributed by atoms with Gasteiger partial charge in [-0.1, -0.05) is 11.3 Å². The van der Waals surface area contributed by atoms with Crippen molar-refractivity contribution in [1.82, 2.24) is 24.6 Å². The Morgan fingerprint density at radius 1 is 1.19 bits per heavy atom. The number of benzene rings is 1. The predicted molar refractivity (Wildman–Crippen MR) is 141 cm³/mol. The van der Waals surface area contributed by atoms with Gasteiger partial charge in [-0.15, -0.1) is 0 Å². The van der Waals surface area contributed by atoms with Crippen LogP contribution in [0.4, 0.5) is 9.93 Å². The van der Waals surface area contributed by atoms with Crippen LogP contribution >= 0.6 is 11.3 Å². The smallest absolute Gasteiger partial charge is 0.410 e. The van der Waals surface area contributed by atoms with Gasteiger partial charge in [0.1, 0.15) is 17.1 Å². The van der Waals surface area contributed by atoms with Crippen LogP contribution in [-0.2, 0) is 11.8 Å². The number of amides is 1. The number of aryl methyl sites for hydroxylation is 1. The largest absolute Gasteiger partial charge is 0.457 e. The molecule has 1 fully saturated rings. The number of hydrogen-bond donors (Lipinski definition) is 1. The summed E-state index contributed by atoms with van der Waals surface area (Å²) >= 11 is 1.58. The lowest BCUT2D eigenvalue weighted by Gasteiger charge is -2.34. The van der Waals surface area contributed by atoms with E-state index in [0.29, 0.717) is 18.8 Å². The van der Waals surface area contributed by atoms with Gasteiger partial charge in [0.25, 0.3) is 0 Å². The van der Waals surface area contributed by atoms with Gasteiger partial charge in [0.05, 0.1) is 22.1 Å². The molecule has 9 nitrogen and oxygen atoms in total. The Hall–Kier alpha value is -3.66. The van der Waals surface area contributed by atoms with Crippen LogP contribution in [0.25, 0.3) is 21.5 Å². The molecular weight excluding hydrogens is 476 g/mol. The lowest BCUT2D eigenvalue weighted by molar-refractivity contribution is 0.0206. The first-order valence-corrected chi connectivity index (χ1v) is 12.8. The van der Waals surface area contributed by atoms with E-state index in [-0.39, 0.29) is 12.1 Å². The molecule has 1 atom stereocenters. The maximum absolute atomic E-state index is 12.5. The standard InChI is InChI=1S/C26H30N6O3S/c1-26(2,3)35-25(33)32-11-5-6-18(16-32)29-24-30-21-8-7-19(13-23(21)36-24)34-20-9-10-27-22(12-20)17-14-28-31(4)15-17/h7-10,12-15,18H,5-6,11,16H2,1-4H3,(H,29,30). The zero-order valence-electron chi connectivity index (χ0n) is 20.9. The monoisotopic (exact) mass is 506 g/mol. The van der Waals surface area contributed by atoms with E-state index < -0.39 is 5.60 Å². The highest BCUT2D eigenvalue weighted by atomic mass is 32.1.